The zero-order valence-corrected chi connectivity index (χ0v) is 29.6. The smallest absolute Gasteiger partial charge is 0.350 e. The first-order chi connectivity index (χ1) is 24.9. The van der Waals surface area contributed by atoms with Gasteiger partial charge in [0.25, 0.3) is 10.4 Å². The molecule has 0 fully saturated rings. The van der Waals surface area contributed by atoms with Crippen molar-refractivity contribution >= 4 is 34.9 Å². The number of thiazole rings is 2. The van der Waals surface area contributed by atoms with Crippen LogP contribution in [0.3, 0.4) is 0 Å². The average Bonchev–Trinajstić information content (AvgIpc) is 3.80. The number of aryl methyl sites for hydroxylation is 3. The molecule has 258 valence electrons. The number of hydrogen-bond acceptors (Lipinski definition) is 11. The van der Waals surface area contributed by atoms with Gasteiger partial charge in [-0.3, -0.25) is 4.79 Å². The summed E-state index contributed by atoms with van der Waals surface area (Å²) in [6.45, 7) is 1.76. The summed E-state index contributed by atoms with van der Waals surface area (Å²) in [6.07, 6.45) is 6.17. The molecule has 2 unspecified atom stereocenters. The number of methoxy groups -OCH3 is 1. The van der Waals surface area contributed by atoms with E-state index in [-0.39, 0.29) is 12.2 Å². The standard InChI is InChI=1S/C21H19NO4S.C19H15NO3S/c1-13-19(20(23)24-2)27-21(22-13)25-16-9-11-18-15(12-16)8-10-17(26-18)14-6-4-3-5-7-14;21-12-16-11-20-19(24-16)22-15-7-9-18-14(10-15)6-8-17(23-18)13-4-2-1-3-5-13/h3-7,9,11-12,17H,8,10H2,1-2H3;1-5,7,9-12,17H,6,8H2. The molecule has 0 bridgehead atoms. The van der Waals surface area contributed by atoms with E-state index in [1.165, 1.54) is 47.1 Å². The van der Waals surface area contributed by atoms with Gasteiger partial charge in [0.15, 0.2) is 6.29 Å². The molecule has 11 heteroatoms. The highest BCUT2D eigenvalue weighted by Gasteiger charge is 2.24. The van der Waals surface area contributed by atoms with Gasteiger partial charge in [-0.2, -0.15) is 0 Å². The van der Waals surface area contributed by atoms with Crippen LogP contribution < -0.4 is 18.9 Å². The van der Waals surface area contributed by atoms with E-state index in [9.17, 15) is 9.59 Å². The first kappa shape index (κ1) is 34.0. The largest absolute Gasteiger partial charge is 0.485 e. The van der Waals surface area contributed by atoms with Crippen molar-refractivity contribution < 1.29 is 33.3 Å². The van der Waals surface area contributed by atoms with Gasteiger partial charge in [-0.1, -0.05) is 83.3 Å². The number of aromatic nitrogens is 2. The zero-order chi connectivity index (χ0) is 35.2. The lowest BCUT2D eigenvalue weighted by Gasteiger charge is -2.26. The lowest BCUT2D eigenvalue weighted by molar-refractivity contribution is 0.0605. The van der Waals surface area contributed by atoms with E-state index in [1.54, 1.807) is 6.92 Å². The highest BCUT2D eigenvalue weighted by Crippen LogP contribution is 2.39. The van der Waals surface area contributed by atoms with Gasteiger partial charge in [-0.15, -0.1) is 0 Å². The van der Waals surface area contributed by atoms with Crippen LogP contribution in [-0.2, 0) is 17.6 Å². The maximum absolute atomic E-state index is 11.7. The van der Waals surface area contributed by atoms with Crippen LogP contribution in [0.25, 0.3) is 0 Å². The minimum absolute atomic E-state index is 0.0784. The second kappa shape index (κ2) is 15.6. The van der Waals surface area contributed by atoms with E-state index in [4.69, 9.17) is 23.7 Å². The Hall–Kier alpha value is -5.52. The second-order valence-corrected chi connectivity index (χ2v) is 13.9. The number of esters is 1. The normalized spacial score (nSPS) is 15.8. The summed E-state index contributed by atoms with van der Waals surface area (Å²) in [6, 6.07) is 32.1. The van der Waals surface area contributed by atoms with Crippen molar-refractivity contribution in [3.63, 3.8) is 0 Å². The van der Waals surface area contributed by atoms with Crippen molar-refractivity contribution in [2.45, 2.75) is 44.8 Å². The van der Waals surface area contributed by atoms with Crippen molar-refractivity contribution in [1.29, 1.82) is 0 Å². The molecule has 6 aromatic rings. The Balaban J connectivity index is 0.000000160. The van der Waals surface area contributed by atoms with Gasteiger partial charge >= 0.3 is 5.97 Å². The number of nitrogens with zero attached hydrogens (tertiary/aromatic N) is 2. The number of rotatable bonds is 8. The topological polar surface area (TPSA) is 106 Å². The summed E-state index contributed by atoms with van der Waals surface area (Å²) in [7, 11) is 1.36. The molecule has 2 aliphatic heterocycles. The van der Waals surface area contributed by atoms with E-state index in [0.717, 1.165) is 54.6 Å². The summed E-state index contributed by atoms with van der Waals surface area (Å²) in [5.41, 5.74) is 5.24. The molecule has 0 saturated heterocycles. The third-order valence-electron chi connectivity index (χ3n) is 8.47. The fourth-order valence-corrected chi connectivity index (χ4v) is 7.39. The summed E-state index contributed by atoms with van der Waals surface area (Å²) in [4.78, 5) is 31.8. The molecule has 0 N–H and O–H groups in total. The van der Waals surface area contributed by atoms with Crippen molar-refractivity contribution in [1.82, 2.24) is 9.97 Å². The van der Waals surface area contributed by atoms with Crippen molar-refractivity contribution in [2.24, 2.45) is 0 Å². The van der Waals surface area contributed by atoms with E-state index in [0.29, 0.717) is 37.3 Å². The first-order valence-corrected chi connectivity index (χ1v) is 18.1. The van der Waals surface area contributed by atoms with Crippen molar-refractivity contribution in [3.05, 3.63) is 141 Å². The Labute approximate surface area is 303 Å². The molecule has 8 rings (SSSR count). The maximum Gasteiger partial charge on any atom is 0.350 e. The highest BCUT2D eigenvalue weighted by atomic mass is 32.1. The van der Waals surface area contributed by atoms with Gasteiger partial charge in [0, 0.05) is 0 Å². The number of aldehydes is 1. The van der Waals surface area contributed by atoms with Crippen molar-refractivity contribution in [2.75, 3.05) is 7.11 Å². The lowest BCUT2D eigenvalue weighted by atomic mass is 9.97. The summed E-state index contributed by atoms with van der Waals surface area (Å²) in [5, 5.41) is 0.891. The molecule has 2 atom stereocenters. The number of fused-ring (bicyclic) bond motifs is 2. The molecule has 0 spiro atoms. The Morgan fingerprint density at radius 1 is 0.765 bits per heavy atom. The molecule has 0 radical (unpaired) electrons. The molecule has 0 amide bonds. The van der Waals surface area contributed by atoms with Gasteiger partial charge in [0.1, 0.15) is 40.1 Å². The zero-order valence-electron chi connectivity index (χ0n) is 27.9. The molecule has 0 aliphatic carbocycles. The molecule has 4 aromatic carbocycles. The van der Waals surface area contributed by atoms with Crippen LogP contribution in [0, 0.1) is 6.92 Å². The van der Waals surface area contributed by atoms with Crippen LogP contribution in [-0.4, -0.2) is 29.3 Å². The van der Waals surface area contributed by atoms with Crippen LogP contribution >= 0.6 is 22.7 Å². The molecule has 51 heavy (non-hydrogen) atoms. The Kier molecular flexibility index (Phi) is 10.4. The summed E-state index contributed by atoms with van der Waals surface area (Å²) < 4.78 is 28.6. The fourth-order valence-electron chi connectivity index (χ4n) is 5.93. The number of ether oxygens (including phenoxy) is 5. The number of benzene rings is 4. The Morgan fingerprint density at radius 3 is 1.82 bits per heavy atom. The third kappa shape index (κ3) is 8.11. The van der Waals surface area contributed by atoms with Crippen LogP contribution in [0.1, 0.15) is 72.3 Å². The maximum atomic E-state index is 11.7. The number of carbonyl (C=O) groups is 2. The molecular formula is C40H34N2O7S2. The minimum Gasteiger partial charge on any atom is -0.485 e. The average molecular weight is 719 g/mol. The first-order valence-electron chi connectivity index (χ1n) is 16.5. The number of carbonyl (C=O) groups excluding carboxylic acids is 2. The molecule has 0 saturated carbocycles. The Bertz CT molecular complexity index is 2130. The SMILES string of the molecule is COC(=O)c1sc(Oc2ccc3c(c2)CCC(c2ccccc2)O3)nc1C.O=Cc1cnc(Oc2ccc3c(c2)CCC(c2ccccc2)O3)s1. The monoisotopic (exact) mass is 718 g/mol. The highest BCUT2D eigenvalue weighted by molar-refractivity contribution is 7.15. The van der Waals surface area contributed by atoms with Gasteiger partial charge in [-0.25, -0.2) is 14.8 Å². The van der Waals surface area contributed by atoms with Crippen LogP contribution in [0.5, 0.6) is 33.4 Å². The van der Waals surface area contributed by atoms with E-state index in [1.807, 2.05) is 72.8 Å². The third-order valence-corrected chi connectivity index (χ3v) is 10.3. The molecular weight excluding hydrogens is 685 g/mol. The lowest BCUT2D eigenvalue weighted by Crippen LogP contribution is -2.15. The predicted octanol–water partition coefficient (Wildman–Crippen LogP) is 9.91. The van der Waals surface area contributed by atoms with Crippen LogP contribution in [0.4, 0.5) is 0 Å². The summed E-state index contributed by atoms with van der Waals surface area (Å²) >= 11 is 2.41. The second-order valence-electron chi connectivity index (χ2n) is 11.9. The molecule has 4 heterocycles. The quantitative estimate of drug-likeness (QED) is 0.112. The Morgan fingerprint density at radius 2 is 1.31 bits per heavy atom. The predicted molar refractivity (Wildman–Crippen MR) is 195 cm³/mol. The number of hydrogen-bond donors (Lipinski definition) is 0. The minimum atomic E-state index is -0.398. The van der Waals surface area contributed by atoms with Crippen molar-refractivity contribution in [3.8, 4) is 33.4 Å². The van der Waals surface area contributed by atoms with E-state index < -0.39 is 5.97 Å². The molecule has 2 aromatic heterocycles. The van der Waals surface area contributed by atoms with Gasteiger partial charge < -0.3 is 23.7 Å². The molecule has 2 aliphatic rings. The van der Waals surface area contributed by atoms with E-state index >= 15 is 0 Å². The van der Waals surface area contributed by atoms with Crippen LogP contribution in [0.15, 0.2) is 103 Å². The van der Waals surface area contributed by atoms with Gasteiger partial charge in [-0.05, 0) is 91.3 Å². The fraction of sp³-hybridized carbons (Fsp3) is 0.200. The van der Waals surface area contributed by atoms with Gasteiger partial charge in [0.05, 0.1) is 23.9 Å². The molecule has 9 nitrogen and oxygen atoms in total. The summed E-state index contributed by atoms with van der Waals surface area (Å²) in [5.74, 6) is 2.77. The van der Waals surface area contributed by atoms with Gasteiger partial charge in [0.2, 0.25) is 0 Å². The van der Waals surface area contributed by atoms with E-state index in [2.05, 4.69) is 34.2 Å². The van der Waals surface area contributed by atoms with Crippen LogP contribution in [0.2, 0.25) is 0 Å².